The Morgan fingerprint density at radius 2 is 2.36 bits per heavy atom. The number of hydrogen-bond acceptors (Lipinski definition) is 5. The van der Waals surface area contributed by atoms with Crippen LogP contribution in [0.5, 0.6) is 0 Å². The molecule has 0 amide bonds. The van der Waals surface area contributed by atoms with Crippen molar-refractivity contribution in [3.8, 4) is 0 Å². The first-order valence-corrected chi connectivity index (χ1v) is 4.74. The number of aromatic nitrogens is 3. The molecule has 0 fully saturated rings. The number of rotatable bonds is 2. The van der Waals surface area contributed by atoms with Gasteiger partial charge in [-0.2, -0.15) is 0 Å². The van der Waals surface area contributed by atoms with E-state index in [2.05, 4.69) is 14.6 Å². The minimum absolute atomic E-state index is 0.382. The summed E-state index contributed by atoms with van der Waals surface area (Å²) < 4.78 is 16.9. The molecule has 4 nitrogen and oxygen atoms in total. The van der Waals surface area contributed by atoms with Crippen molar-refractivity contribution in [2.45, 2.75) is 6.04 Å². The molecule has 0 radical (unpaired) electrons. The van der Waals surface area contributed by atoms with Crippen molar-refractivity contribution in [1.82, 2.24) is 14.6 Å². The maximum Gasteiger partial charge on any atom is 0.146 e. The third-order valence-electron chi connectivity index (χ3n) is 1.83. The molecule has 0 spiro atoms. The highest BCUT2D eigenvalue weighted by Gasteiger charge is 2.15. The Morgan fingerprint density at radius 1 is 1.50 bits per heavy atom. The van der Waals surface area contributed by atoms with Crippen LogP contribution in [0.1, 0.15) is 17.3 Å². The van der Waals surface area contributed by atoms with Crippen LogP contribution in [0, 0.1) is 5.82 Å². The van der Waals surface area contributed by atoms with Gasteiger partial charge >= 0.3 is 0 Å². The molecule has 0 aliphatic rings. The highest BCUT2D eigenvalue weighted by Crippen LogP contribution is 2.19. The zero-order chi connectivity index (χ0) is 9.97. The third-order valence-corrected chi connectivity index (χ3v) is 2.36. The predicted octanol–water partition coefficient (Wildman–Crippen LogP) is 1.12. The van der Waals surface area contributed by atoms with Crippen LogP contribution in [0.15, 0.2) is 23.8 Å². The van der Waals surface area contributed by atoms with E-state index in [0.717, 1.165) is 6.20 Å². The molecule has 0 aliphatic heterocycles. The monoisotopic (exact) mass is 210 g/mol. The summed E-state index contributed by atoms with van der Waals surface area (Å²) in [7, 11) is 0. The van der Waals surface area contributed by atoms with E-state index in [1.165, 1.54) is 17.7 Å². The smallest absolute Gasteiger partial charge is 0.146 e. The molecule has 2 aromatic rings. The maximum atomic E-state index is 13.2. The van der Waals surface area contributed by atoms with Crippen LogP contribution in [0.2, 0.25) is 0 Å². The second-order valence-corrected chi connectivity index (χ2v) is 3.31. The normalized spacial score (nSPS) is 12.7. The van der Waals surface area contributed by atoms with Crippen molar-refractivity contribution >= 4 is 11.5 Å². The van der Waals surface area contributed by atoms with Gasteiger partial charge in [-0.05, 0) is 17.6 Å². The highest BCUT2D eigenvalue weighted by molar-refractivity contribution is 7.03. The Morgan fingerprint density at radius 3 is 3.00 bits per heavy atom. The Hall–Kier alpha value is -1.40. The van der Waals surface area contributed by atoms with Crippen LogP contribution in [0.4, 0.5) is 4.39 Å². The van der Waals surface area contributed by atoms with Gasteiger partial charge in [0.05, 0.1) is 17.9 Å². The molecule has 72 valence electrons. The van der Waals surface area contributed by atoms with Gasteiger partial charge in [0.1, 0.15) is 5.82 Å². The Labute approximate surface area is 83.8 Å². The van der Waals surface area contributed by atoms with Crippen LogP contribution in [0.3, 0.4) is 0 Å². The molecule has 0 aliphatic carbocycles. The first kappa shape index (κ1) is 9.17. The van der Waals surface area contributed by atoms with Crippen molar-refractivity contribution in [1.29, 1.82) is 0 Å². The average Bonchev–Trinajstić information content (AvgIpc) is 2.70. The number of hydrogen-bond donors (Lipinski definition) is 1. The summed E-state index contributed by atoms with van der Waals surface area (Å²) in [5, 5.41) is 5.49. The van der Waals surface area contributed by atoms with Crippen molar-refractivity contribution in [2.24, 2.45) is 5.73 Å². The Balaban J connectivity index is 2.37. The molecule has 2 heterocycles. The molecular formula is C8H7FN4S. The first-order chi connectivity index (χ1) is 6.79. The lowest BCUT2D eigenvalue weighted by molar-refractivity contribution is 0.590. The van der Waals surface area contributed by atoms with Crippen molar-refractivity contribution in [3.05, 3.63) is 40.9 Å². The molecule has 14 heavy (non-hydrogen) atoms. The molecule has 1 unspecified atom stereocenters. The quantitative estimate of drug-likeness (QED) is 0.806. The van der Waals surface area contributed by atoms with E-state index in [1.807, 2.05) is 0 Å². The zero-order valence-corrected chi connectivity index (χ0v) is 7.91. The van der Waals surface area contributed by atoms with Gasteiger partial charge in [0.25, 0.3) is 0 Å². The van der Waals surface area contributed by atoms with Crippen LogP contribution in [0.25, 0.3) is 0 Å². The van der Waals surface area contributed by atoms with Gasteiger partial charge in [-0.3, -0.25) is 4.98 Å². The molecule has 0 saturated heterocycles. The Bertz CT molecular complexity index is 417. The van der Waals surface area contributed by atoms with Gasteiger partial charge in [0, 0.05) is 17.1 Å². The molecule has 2 N–H and O–H groups in total. The molecular weight excluding hydrogens is 203 g/mol. The lowest BCUT2D eigenvalue weighted by Gasteiger charge is -2.08. The third kappa shape index (κ3) is 1.61. The fourth-order valence-corrected chi connectivity index (χ4v) is 1.60. The SMILES string of the molecule is NC(c1csnn1)c1ccncc1F. The summed E-state index contributed by atoms with van der Waals surface area (Å²) in [6, 6.07) is 0.969. The van der Waals surface area contributed by atoms with Gasteiger partial charge in [0.2, 0.25) is 0 Å². The number of pyridine rings is 1. The predicted molar refractivity (Wildman–Crippen MR) is 50.1 cm³/mol. The summed E-state index contributed by atoms with van der Waals surface area (Å²) in [4.78, 5) is 3.64. The molecule has 0 aromatic carbocycles. The standard InChI is InChI=1S/C8H7FN4S/c9-6-3-11-2-1-5(6)8(10)7-4-14-13-12-7/h1-4,8H,10H2. The molecule has 0 saturated carbocycles. The molecule has 2 aromatic heterocycles. The van der Waals surface area contributed by atoms with E-state index < -0.39 is 11.9 Å². The van der Waals surface area contributed by atoms with Crippen molar-refractivity contribution in [3.63, 3.8) is 0 Å². The summed E-state index contributed by atoms with van der Waals surface area (Å²) in [6.45, 7) is 0. The van der Waals surface area contributed by atoms with Gasteiger partial charge in [-0.15, -0.1) is 5.10 Å². The van der Waals surface area contributed by atoms with Gasteiger partial charge < -0.3 is 5.73 Å². The van der Waals surface area contributed by atoms with Gasteiger partial charge in [0.15, 0.2) is 0 Å². The minimum atomic E-state index is -0.572. The van der Waals surface area contributed by atoms with E-state index in [1.54, 1.807) is 11.4 Å². The molecule has 2 rings (SSSR count). The number of halogens is 1. The zero-order valence-electron chi connectivity index (χ0n) is 7.09. The number of nitrogens with zero attached hydrogens (tertiary/aromatic N) is 3. The van der Waals surface area contributed by atoms with E-state index in [9.17, 15) is 4.39 Å². The molecule has 0 bridgehead atoms. The van der Waals surface area contributed by atoms with Crippen LogP contribution < -0.4 is 5.73 Å². The fraction of sp³-hybridized carbons (Fsp3) is 0.125. The van der Waals surface area contributed by atoms with E-state index in [-0.39, 0.29) is 0 Å². The lowest BCUT2D eigenvalue weighted by atomic mass is 10.1. The second-order valence-electron chi connectivity index (χ2n) is 2.70. The molecule has 1 atom stereocenters. The van der Waals surface area contributed by atoms with Crippen LogP contribution >= 0.6 is 11.5 Å². The molecule has 6 heteroatoms. The van der Waals surface area contributed by atoms with E-state index in [4.69, 9.17) is 5.73 Å². The summed E-state index contributed by atoms with van der Waals surface area (Å²) in [6.07, 6.45) is 2.63. The largest absolute Gasteiger partial charge is 0.319 e. The second kappa shape index (κ2) is 3.77. The highest BCUT2D eigenvalue weighted by atomic mass is 32.1. The summed E-state index contributed by atoms with van der Waals surface area (Å²) >= 11 is 1.19. The summed E-state index contributed by atoms with van der Waals surface area (Å²) in [5.41, 5.74) is 6.75. The average molecular weight is 210 g/mol. The lowest BCUT2D eigenvalue weighted by Crippen LogP contribution is -2.14. The maximum absolute atomic E-state index is 13.2. The van der Waals surface area contributed by atoms with E-state index >= 15 is 0 Å². The summed E-state index contributed by atoms with van der Waals surface area (Å²) in [5.74, 6) is -0.423. The van der Waals surface area contributed by atoms with Crippen molar-refractivity contribution < 1.29 is 4.39 Å². The van der Waals surface area contributed by atoms with Crippen molar-refractivity contribution in [2.75, 3.05) is 0 Å². The minimum Gasteiger partial charge on any atom is -0.319 e. The van der Waals surface area contributed by atoms with Gasteiger partial charge in [-0.25, -0.2) is 4.39 Å². The topological polar surface area (TPSA) is 64.7 Å². The fourth-order valence-electron chi connectivity index (χ4n) is 1.10. The van der Waals surface area contributed by atoms with Crippen LogP contribution in [-0.4, -0.2) is 14.6 Å². The Kier molecular flexibility index (Phi) is 2.47. The van der Waals surface area contributed by atoms with Crippen LogP contribution in [-0.2, 0) is 0 Å². The first-order valence-electron chi connectivity index (χ1n) is 3.91. The number of nitrogens with two attached hydrogens (primary N) is 1. The van der Waals surface area contributed by atoms with E-state index in [0.29, 0.717) is 11.3 Å². The van der Waals surface area contributed by atoms with Gasteiger partial charge in [-0.1, -0.05) is 4.49 Å².